The molecule has 0 saturated carbocycles. The maximum atomic E-state index is 11.9. The molecule has 0 atom stereocenters. The van der Waals surface area contributed by atoms with Crippen LogP contribution in [0, 0.1) is 0 Å². The summed E-state index contributed by atoms with van der Waals surface area (Å²) in [6, 6.07) is 0. The predicted molar refractivity (Wildman–Crippen MR) is 65.7 cm³/mol. The number of nitrogen functional groups attached to an aromatic ring is 1. The summed E-state index contributed by atoms with van der Waals surface area (Å²) in [5.74, 6) is -1.40. The van der Waals surface area contributed by atoms with Crippen molar-refractivity contribution in [3.8, 4) is 0 Å². The molecule has 2 rings (SSSR count). The van der Waals surface area contributed by atoms with Gasteiger partial charge in [0.15, 0.2) is 5.82 Å². The van der Waals surface area contributed by atoms with Crippen molar-refractivity contribution in [1.29, 1.82) is 0 Å². The molecule has 0 unspecified atom stereocenters. The highest BCUT2D eigenvalue weighted by Crippen LogP contribution is 2.10. The van der Waals surface area contributed by atoms with Crippen LogP contribution in [0.2, 0.25) is 0 Å². The molecule has 0 fully saturated rings. The largest absolute Gasteiger partial charge is 0.475 e. The maximum Gasteiger partial charge on any atom is 0.372 e. The molecule has 0 saturated heterocycles. The number of nitrogens with two attached hydrogens (primary N) is 1. The van der Waals surface area contributed by atoms with E-state index in [0.717, 1.165) is 0 Å². The number of imidazole rings is 2. The number of rotatable bonds is 3. The van der Waals surface area contributed by atoms with Crippen LogP contribution in [0.15, 0.2) is 12.4 Å². The third-order valence-electron chi connectivity index (χ3n) is 2.41. The molecule has 0 bridgehead atoms. The Kier molecular flexibility index (Phi) is 2.95. The average molecular weight is 264 g/mol. The van der Waals surface area contributed by atoms with Crippen LogP contribution < -0.4 is 11.1 Å². The van der Waals surface area contributed by atoms with Crippen molar-refractivity contribution in [1.82, 2.24) is 19.1 Å². The molecule has 0 radical (unpaired) electrons. The first-order valence-electron chi connectivity index (χ1n) is 5.25. The Morgan fingerprint density at radius 3 is 2.32 bits per heavy atom. The van der Waals surface area contributed by atoms with E-state index in [0.29, 0.717) is 0 Å². The lowest BCUT2D eigenvalue weighted by Crippen LogP contribution is -2.17. The number of aromatic carboxylic acids is 1. The molecule has 0 spiro atoms. The number of aromatic nitrogens is 4. The SMILES string of the molecule is Cn1cc(NC(=O)c2nc(N)cn2C)nc1C(=O)O. The fourth-order valence-corrected chi connectivity index (χ4v) is 1.60. The molecule has 1 amide bonds. The number of nitrogens with zero attached hydrogens (tertiary/aromatic N) is 4. The van der Waals surface area contributed by atoms with Crippen molar-refractivity contribution >= 4 is 23.5 Å². The average Bonchev–Trinajstić information content (AvgIpc) is 2.81. The van der Waals surface area contributed by atoms with Crippen molar-refractivity contribution in [2.75, 3.05) is 11.1 Å². The van der Waals surface area contributed by atoms with E-state index in [1.54, 1.807) is 7.05 Å². The second-order valence-corrected chi connectivity index (χ2v) is 3.92. The summed E-state index contributed by atoms with van der Waals surface area (Å²) in [7, 11) is 3.14. The number of amides is 1. The summed E-state index contributed by atoms with van der Waals surface area (Å²) in [4.78, 5) is 30.3. The van der Waals surface area contributed by atoms with Gasteiger partial charge in [-0.2, -0.15) is 0 Å². The molecular formula is C10H12N6O3. The molecule has 4 N–H and O–H groups in total. The van der Waals surface area contributed by atoms with E-state index in [-0.39, 0.29) is 23.3 Å². The first kappa shape index (κ1) is 12.6. The van der Waals surface area contributed by atoms with Gasteiger partial charge in [-0.1, -0.05) is 0 Å². The highest BCUT2D eigenvalue weighted by atomic mass is 16.4. The van der Waals surface area contributed by atoms with Crippen molar-refractivity contribution in [3.63, 3.8) is 0 Å². The van der Waals surface area contributed by atoms with Crippen LogP contribution in [0.5, 0.6) is 0 Å². The second kappa shape index (κ2) is 4.44. The predicted octanol–water partition coefficient (Wildman–Crippen LogP) is -0.314. The molecule has 2 aromatic rings. The smallest absolute Gasteiger partial charge is 0.372 e. The first-order valence-corrected chi connectivity index (χ1v) is 5.25. The minimum Gasteiger partial charge on any atom is -0.475 e. The number of hydrogen-bond donors (Lipinski definition) is 3. The van der Waals surface area contributed by atoms with Gasteiger partial charge in [-0.15, -0.1) is 0 Å². The van der Waals surface area contributed by atoms with Gasteiger partial charge < -0.3 is 25.3 Å². The summed E-state index contributed by atoms with van der Waals surface area (Å²) < 4.78 is 2.76. The number of aryl methyl sites for hydroxylation is 2. The minimum absolute atomic E-state index is 0.111. The Hall–Kier alpha value is -2.84. The van der Waals surface area contributed by atoms with Crippen LogP contribution in [-0.2, 0) is 14.1 Å². The van der Waals surface area contributed by atoms with Crippen molar-refractivity contribution in [3.05, 3.63) is 24.0 Å². The fraction of sp³-hybridized carbons (Fsp3) is 0.200. The zero-order valence-electron chi connectivity index (χ0n) is 10.3. The Morgan fingerprint density at radius 1 is 1.21 bits per heavy atom. The Balaban J connectivity index is 2.22. The van der Waals surface area contributed by atoms with Crippen molar-refractivity contribution < 1.29 is 14.7 Å². The van der Waals surface area contributed by atoms with Gasteiger partial charge >= 0.3 is 5.97 Å². The third kappa shape index (κ3) is 2.39. The second-order valence-electron chi connectivity index (χ2n) is 3.92. The van der Waals surface area contributed by atoms with Gasteiger partial charge in [0.05, 0.1) is 0 Å². The van der Waals surface area contributed by atoms with E-state index in [1.165, 1.54) is 28.6 Å². The first-order chi connectivity index (χ1) is 8.88. The standard InChI is InChI=1S/C10H12N6O3/c1-15-3-5(11)12-7(15)9(17)14-6-4-16(2)8(13-6)10(18)19/h3-4H,11H2,1-2H3,(H,14,17)(H,18,19). The number of carboxylic acid groups (broad SMARTS) is 1. The van der Waals surface area contributed by atoms with Crippen LogP contribution >= 0.6 is 0 Å². The van der Waals surface area contributed by atoms with Crippen LogP contribution in [0.1, 0.15) is 21.2 Å². The molecule has 19 heavy (non-hydrogen) atoms. The monoisotopic (exact) mass is 264 g/mol. The molecule has 2 heterocycles. The molecule has 100 valence electrons. The maximum absolute atomic E-state index is 11.9. The van der Waals surface area contributed by atoms with Gasteiger partial charge in [0.25, 0.3) is 5.91 Å². The Bertz CT molecular complexity index is 656. The fourth-order valence-electron chi connectivity index (χ4n) is 1.60. The Labute approximate surface area is 107 Å². The summed E-state index contributed by atoms with van der Waals surface area (Å²) in [6.45, 7) is 0. The lowest BCUT2D eigenvalue weighted by atomic mass is 10.5. The van der Waals surface area contributed by atoms with Crippen molar-refractivity contribution in [2.24, 2.45) is 14.1 Å². The van der Waals surface area contributed by atoms with Gasteiger partial charge in [-0.25, -0.2) is 14.8 Å². The normalized spacial score (nSPS) is 10.4. The number of hydrogen-bond acceptors (Lipinski definition) is 5. The molecule has 9 nitrogen and oxygen atoms in total. The topological polar surface area (TPSA) is 128 Å². The summed E-state index contributed by atoms with van der Waals surface area (Å²) in [5.41, 5.74) is 5.47. The summed E-state index contributed by atoms with van der Waals surface area (Å²) in [5, 5.41) is 11.3. The number of anilines is 2. The third-order valence-corrected chi connectivity index (χ3v) is 2.41. The molecule has 9 heteroatoms. The Morgan fingerprint density at radius 2 is 1.84 bits per heavy atom. The van der Waals surface area contributed by atoms with Gasteiger partial charge in [0.2, 0.25) is 11.6 Å². The van der Waals surface area contributed by atoms with Crippen molar-refractivity contribution in [2.45, 2.75) is 0 Å². The van der Waals surface area contributed by atoms with E-state index in [1.807, 2.05) is 0 Å². The molecule has 2 aromatic heterocycles. The minimum atomic E-state index is -1.18. The molecular weight excluding hydrogens is 252 g/mol. The highest BCUT2D eigenvalue weighted by Gasteiger charge is 2.17. The number of nitrogens with one attached hydrogen (secondary N) is 1. The zero-order valence-corrected chi connectivity index (χ0v) is 10.3. The summed E-state index contributed by atoms with van der Waals surface area (Å²) >= 11 is 0. The quantitative estimate of drug-likeness (QED) is 0.697. The number of carbonyl (C=O) groups excluding carboxylic acids is 1. The van der Waals surface area contributed by atoms with E-state index < -0.39 is 11.9 Å². The number of carbonyl (C=O) groups is 2. The van der Waals surface area contributed by atoms with Gasteiger partial charge in [-0.3, -0.25) is 4.79 Å². The van der Waals surface area contributed by atoms with Gasteiger partial charge in [0, 0.05) is 26.5 Å². The molecule has 0 aliphatic heterocycles. The van der Waals surface area contributed by atoms with Crippen LogP contribution in [-0.4, -0.2) is 36.1 Å². The van der Waals surface area contributed by atoms with E-state index >= 15 is 0 Å². The zero-order chi connectivity index (χ0) is 14.2. The van der Waals surface area contributed by atoms with E-state index in [2.05, 4.69) is 15.3 Å². The van der Waals surface area contributed by atoms with Gasteiger partial charge in [-0.05, 0) is 0 Å². The molecule has 0 aliphatic rings. The highest BCUT2D eigenvalue weighted by molar-refractivity contribution is 6.01. The van der Waals surface area contributed by atoms with Crippen LogP contribution in [0.4, 0.5) is 11.6 Å². The van der Waals surface area contributed by atoms with E-state index in [9.17, 15) is 9.59 Å². The number of carboxylic acids is 1. The molecule has 0 aliphatic carbocycles. The lowest BCUT2D eigenvalue weighted by molar-refractivity contribution is 0.0679. The van der Waals surface area contributed by atoms with Crippen LogP contribution in [0.25, 0.3) is 0 Å². The van der Waals surface area contributed by atoms with E-state index in [4.69, 9.17) is 10.8 Å². The molecule has 0 aromatic carbocycles. The lowest BCUT2D eigenvalue weighted by Gasteiger charge is -2.00. The van der Waals surface area contributed by atoms with Crippen LogP contribution in [0.3, 0.4) is 0 Å². The summed E-state index contributed by atoms with van der Waals surface area (Å²) in [6.07, 6.45) is 2.89. The van der Waals surface area contributed by atoms with Gasteiger partial charge in [0.1, 0.15) is 5.82 Å².